The van der Waals surface area contributed by atoms with Crippen molar-refractivity contribution < 1.29 is 19.7 Å². The maximum Gasteiger partial charge on any atom is 0.305 e. The lowest BCUT2D eigenvalue weighted by Gasteiger charge is -2.62. The van der Waals surface area contributed by atoms with Crippen LogP contribution in [0.4, 0.5) is 0 Å². The SMILES string of the molecule is COC(=O)CC[C@@H](C)[C@H]1CC[C@H]2[C@@H]3CC[C@@H]4C[C@@H](O)CC[C@]4(C)[C@H]3C[C@H](O)[C@]12C. The Bertz CT molecular complexity index is 620. The van der Waals surface area contributed by atoms with Gasteiger partial charge in [-0.25, -0.2) is 0 Å². The van der Waals surface area contributed by atoms with Crippen molar-refractivity contribution in [3.8, 4) is 0 Å². The second-order valence-corrected chi connectivity index (χ2v) is 11.5. The zero-order valence-corrected chi connectivity index (χ0v) is 18.9. The van der Waals surface area contributed by atoms with Gasteiger partial charge >= 0.3 is 5.97 Å². The molecule has 4 aliphatic carbocycles. The van der Waals surface area contributed by atoms with Gasteiger partial charge in [-0.3, -0.25) is 4.79 Å². The van der Waals surface area contributed by atoms with Gasteiger partial charge < -0.3 is 14.9 Å². The standard InChI is InChI=1S/C25H42O4/c1-15(5-10-23(28)29-4)19-8-9-20-18-7-6-16-13-17(26)11-12-24(16,2)21(18)14-22(27)25(19,20)3/h15-22,26-27H,5-14H2,1-4H3/t15-,16-,17+,18+,19-,20+,21+,22+,24+,25-/m1/s1. The molecule has 2 N–H and O–H groups in total. The number of fused-ring (bicyclic) bond motifs is 5. The summed E-state index contributed by atoms with van der Waals surface area (Å²) >= 11 is 0. The molecule has 0 aromatic heterocycles. The molecule has 4 aliphatic rings. The number of methoxy groups -OCH3 is 1. The molecular weight excluding hydrogens is 364 g/mol. The highest BCUT2D eigenvalue weighted by Gasteiger charge is 2.63. The summed E-state index contributed by atoms with van der Waals surface area (Å²) in [4.78, 5) is 11.6. The molecule has 0 aromatic carbocycles. The van der Waals surface area contributed by atoms with Crippen LogP contribution in [0.3, 0.4) is 0 Å². The van der Waals surface area contributed by atoms with Crippen LogP contribution in [0.5, 0.6) is 0 Å². The molecule has 0 aromatic rings. The largest absolute Gasteiger partial charge is 0.469 e. The van der Waals surface area contributed by atoms with Crippen molar-refractivity contribution in [3.63, 3.8) is 0 Å². The summed E-state index contributed by atoms with van der Waals surface area (Å²) in [6.45, 7) is 7.12. The van der Waals surface area contributed by atoms with Gasteiger partial charge in [-0.15, -0.1) is 0 Å². The van der Waals surface area contributed by atoms with Crippen LogP contribution in [0.2, 0.25) is 0 Å². The van der Waals surface area contributed by atoms with Gasteiger partial charge in [0.05, 0.1) is 19.3 Å². The van der Waals surface area contributed by atoms with Gasteiger partial charge in [-0.05, 0) is 104 Å². The van der Waals surface area contributed by atoms with Crippen molar-refractivity contribution in [1.29, 1.82) is 0 Å². The minimum absolute atomic E-state index is 0.0198. The number of ether oxygens (including phenoxy) is 1. The molecule has 10 atom stereocenters. The van der Waals surface area contributed by atoms with Crippen molar-refractivity contribution in [2.75, 3.05) is 7.11 Å². The molecule has 0 heterocycles. The number of aliphatic hydroxyl groups excluding tert-OH is 2. The van der Waals surface area contributed by atoms with Crippen LogP contribution in [-0.4, -0.2) is 35.5 Å². The van der Waals surface area contributed by atoms with Crippen LogP contribution in [0.15, 0.2) is 0 Å². The fraction of sp³-hybridized carbons (Fsp3) is 0.960. The molecule has 0 saturated heterocycles. The molecule has 4 saturated carbocycles. The van der Waals surface area contributed by atoms with Crippen LogP contribution < -0.4 is 0 Å². The first-order valence-electron chi connectivity index (χ1n) is 12.1. The van der Waals surface area contributed by atoms with Crippen LogP contribution in [0.25, 0.3) is 0 Å². The van der Waals surface area contributed by atoms with Crippen LogP contribution in [0.1, 0.15) is 85.0 Å². The third-order valence-corrected chi connectivity index (χ3v) is 10.5. The van der Waals surface area contributed by atoms with Crippen molar-refractivity contribution in [3.05, 3.63) is 0 Å². The lowest BCUT2D eigenvalue weighted by molar-refractivity contribution is -0.175. The first-order chi connectivity index (χ1) is 13.7. The molecule has 29 heavy (non-hydrogen) atoms. The van der Waals surface area contributed by atoms with Gasteiger partial charge in [-0.1, -0.05) is 20.8 Å². The Balaban J connectivity index is 1.53. The maximum atomic E-state index is 11.6. The first-order valence-corrected chi connectivity index (χ1v) is 12.1. The first kappa shape index (κ1) is 21.6. The fourth-order valence-corrected chi connectivity index (χ4v) is 8.81. The average Bonchev–Trinajstić information content (AvgIpc) is 3.06. The zero-order valence-electron chi connectivity index (χ0n) is 18.9. The summed E-state index contributed by atoms with van der Waals surface area (Å²) in [5.74, 6) is 3.36. The second-order valence-electron chi connectivity index (χ2n) is 11.5. The molecule has 0 radical (unpaired) electrons. The summed E-state index contributed by atoms with van der Waals surface area (Å²) in [6, 6.07) is 0. The average molecular weight is 407 g/mol. The van der Waals surface area contributed by atoms with E-state index in [0.29, 0.717) is 41.4 Å². The lowest BCUT2D eigenvalue weighted by Crippen LogP contribution is -2.58. The van der Waals surface area contributed by atoms with Crippen molar-refractivity contribution in [2.45, 2.75) is 97.2 Å². The molecule has 4 rings (SSSR count). The molecule has 0 unspecified atom stereocenters. The molecule has 0 spiro atoms. The van der Waals surface area contributed by atoms with E-state index in [1.54, 1.807) is 0 Å². The minimum Gasteiger partial charge on any atom is -0.469 e. The molecular formula is C25H42O4. The number of carbonyl (C=O) groups excluding carboxylic acids is 1. The second kappa shape index (κ2) is 7.82. The molecule has 4 nitrogen and oxygen atoms in total. The molecule has 0 amide bonds. The monoisotopic (exact) mass is 406 g/mol. The summed E-state index contributed by atoms with van der Waals surface area (Å²) in [5.41, 5.74) is 0.271. The highest BCUT2D eigenvalue weighted by atomic mass is 16.5. The van der Waals surface area contributed by atoms with Crippen LogP contribution >= 0.6 is 0 Å². The topological polar surface area (TPSA) is 66.8 Å². The number of hydrogen-bond acceptors (Lipinski definition) is 4. The van der Waals surface area contributed by atoms with Crippen LogP contribution in [0, 0.1) is 46.3 Å². The van der Waals surface area contributed by atoms with E-state index in [4.69, 9.17) is 4.74 Å². The number of aliphatic hydroxyl groups is 2. The van der Waals surface area contributed by atoms with Gasteiger partial charge in [-0.2, -0.15) is 0 Å². The van der Waals surface area contributed by atoms with E-state index in [0.717, 1.165) is 38.0 Å². The van der Waals surface area contributed by atoms with Gasteiger partial charge in [0.15, 0.2) is 0 Å². The summed E-state index contributed by atoms with van der Waals surface area (Å²) in [7, 11) is 1.46. The normalized spacial score (nSPS) is 50.2. The van der Waals surface area contributed by atoms with Crippen molar-refractivity contribution >= 4 is 5.97 Å². The smallest absolute Gasteiger partial charge is 0.305 e. The van der Waals surface area contributed by atoms with Crippen molar-refractivity contribution in [1.82, 2.24) is 0 Å². The highest BCUT2D eigenvalue weighted by molar-refractivity contribution is 5.69. The van der Waals surface area contributed by atoms with E-state index in [1.165, 1.54) is 32.8 Å². The van der Waals surface area contributed by atoms with E-state index < -0.39 is 0 Å². The number of hydrogen-bond donors (Lipinski definition) is 2. The Morgan fingerprint density at radius 3 is 2.55 bits per heavy atom. The Morgan fingerprint density at radius 2 is 1.83 bits per heavy atom. The van der Waals surface area contributed by atoms with Gasteiger partial charge in [0.2, 0.25) is 0 Å². The zero-order chi connectivity index (χ0) is 21.0. The number of rotatable bonds is 4. The third-order valence-electron chi connectivity index (χ3n) is 10.5. The number of esters is 1. The Kier molecular flexibility index (Phi) is 5.83. The predicted octanol–water partition coefficient (Wildman–Crippen LogP) is 4.57. The molecule has 4 fully saturated rings. The molecule has 4 heteroatoms. The van der Waals surface area contributed by atoms with Gasteiger partial charge in [0.25, 0.3) is 0 Å². The maximum absolute atomic E-state index is 11.6. The van der Waals surface area contributed by atoms with E-state index in [1.807, 2.05) is 0 Å². The molecule has 166 valence electrons. The van der Waals surface area contributed by atoms with Gasteiger partial charge in [0, 0.05) is 6.42 Å². The van der Waals surface area contributed by atoms with E-state index in [9.17, 15) is 15.0 Å². The predicted molar refractivity (Wildman–Crippen MR) is 113 cm³/mol. The summed E-state index contributed by atoms with van der Waals surface area (Å²) < 4.78 is 4.85. The van der Waals surface area contributed by atoms with Gasteiger partial charge in [0.1, 0.15) is 0 Å². The fourth-order valence-electron chi connectivity index (χ4n) is 8.81. The molecule has 0 bridgehead atoms. The Labute approximate surface area is 176 Å². The number of carbonyl (C=O) groups is 1. The summed E-state index contributed by atoms with van der Waals surface area (Å²) in [6.07, 6.45) is 9.86. The minimum atomic E-state index is -0.246. The summed E-state index contributed by atoms with van der Waals surface area (Å²) in [5, 5.41) is 21.8. The third kappa shape index (κ3) is 3.37. The molecule has 0 aliphatic heterocycles. The Morgan fingerprint density at radius 1 is 1.07 bits per heavy atom. The van der Waals surface area contributed by atoms with Crippen LogP contribution in [-0.2, 0) is 9.53 Å². The highest BCUT2D eigenvalue weighted by Crippen LogP contribution is 2.68. The van der Waals surface area contributed by atoms with E-state index in [2.05, 4.69) is 20.8 Å². The quantitative estimate of drug-likeness (QED) is 0.671. The van der Waals surface area contributed by atoms with Crippen molar-refractivity contribution in [2.24, 2.45) is 46.3 Å². The Hall–Kier alpha value is -0.610. The lowest BCUT2D eigenvalue weighted by atomic mass is 9.43. The van der Waals surface area contributed by atoms with E-state index >= 15 is 0 Å². The van der Waals surface area contributed by atoms with E-state index in [-0.39, 0.29) is 23.6 Å².